The van der Waals surface area contributed by atoms with Gasteiger partial charge in [-0.15, -0.1) is 0 Å². The topological polar surface area (TPSA) is 37.3 Å². The lowest BCUT2D eigenvalue weighted by Gasteiger charge is -2.05. The predicted octanol–water partition coefficient (Wildman–Crippen LogP) is 6.71. The zero-order valence-corrected chi connectivity index (χ0v) is 15.5. The van der Waals surface area contributed by atoms with Crippen LogP contribution in [0.2, 0.25) is 0 Å². The first-order valence-electron chi connectivity index (χ1n) is 9.05. The molecule has 0 bridgehead atoms. The van der Waals surface area contributed by atoms with E-state index in [1.165, 1.54) is 83.5 Å². The van der Waals surface area contributed by atoms with Crippen LogP contribution in [-0.2, 0) is 4.79 Å². The van der Waals surface area contributed by atoms with Gasteiger partial charge in [0.2, 0.25) is 0 Å². The van der Waals surface area contributed by atoms with E-state index in [1.807, 2.05) is 0 Å². The first kappa shape index (κ1) is 20.9. The lowest BCUT2D eigenvalue weighted by molar-refractivity contribution is -0.136. The highest BCUT2D eigenvalue weighted by Crippen LogP contribution is 2.15. The van der Waals surface area contributed by atoms with E-state index in [2.05, 4.69) is 22.9 Å². The second kappa shape index (κ2) is 16.3. The van der Waals surface area contributed by atoms with Crippen LogP contribution in [-0.4, -0.2) is 15.9 Å². The summed E-state index contributed by atoms with van der Waals surface area (Å²) in [5.41, 5.74) is 0. The van der Waals surface area contributed by atoms with Crippen molar-refractivity contribution >= 4 is 21.9 Å². The molecule has 0 amide bonds. The number of carboxylic acid groups (broad SMARTS) is 1. The Kier molecular flexibility index (Phi) is 16.3. The van der Waals surface area contributed by atoms with E-state index in [0.29, 0.717) is 0 Å². The third kappa shape index (κ3) is 16.2. The van der Waals surface area contributed by atoms with Crippen molar-refractivity contribution in [3.05, 3.63) is 0 Å². The minimum Gasteiger partial charge on any atom is -0.480 e. The molecule has 0 rings (SSSR count). The fourth-order valence-electron chi connectivity index (χ4n) is 2.64. The predicted molar refractivity (Wildman–Crippen MR) is 95.3 cm³/mol. The van der Waals surface area contributed by atoms with Crippen molar-refractivity contribution in [2.24, 2.45) is 0 Å². The molecule has 0 aromatic carbocycles. The molecule has 0 saturated heterocycles. The van der Waals surface area contributed by atoms with Crippen LogP contribution < -0.4 is 0 Å². The maximum atomic E-state index is 10.6. The molecule has 0 fully saturated rings. The maximum Gasteiger partial charge on any atom is 0.317 e. The standard InChI is InChI=1S/C18H35BrO2/c1-2-3-4-5-6-7-8-9-10-11-12-13-14-15-16-17(19)18(20)21/h17H,2-16H2,1H3,(H,20,21). The van der Waals surface area contributed by atoms with Crippen molar-refractivity contribution in [2.45, 2.75) is 108 Å². The second-order valence-corrected chi connectivity index (χ2v) is 7.30. The fraction of sp³-hybridized carbons (Fsp3) is 0.944. The summed E-state index contributed by atoms with van der Waals surface area (Å²) in [5.74, 6) is -0.732. The van der Waals surface area contributed by atoms with Gasteiger partial charge in [-0.3, -0.25) is 4.79 Å². The largest absolute Gasteiger partial charge is 0.480 e. The monoisotopic (exact) mass is 362 g/mol. The van der Waals surface area contributed by atoms with Crippen LogP contribution in [0.5, 0.6) is 0 Å². The first-order valence-corrected chi connectivity index (χ1v) is 9.97. The first-order chi connectivity index (χ1) is 10.2. The molecule has 0 aromatic rings. The summed E-state index contributed by atoms with van der Waals surface area (Å²) in [5, 5.41) is 8.74. The molecule has 0 aliphatic rings. The van der Waals surface area contributed by atoms with E-state index >= 15 is 0 Å². The zero-order chi connectivity index (χ0) is 15.8. The van der Waals surface area contributed by atoms with Gasteiger partial charge in [-0.1, -0.05) is 113 Å². The molecule has 126 valence electrons. The van der Waals surface area contributed by atoms with Crippen molar-refractivity contribution < 1.29 is 9.90 Å². The summed E-state index contributed by atoms with van der Waals surface area (Å²) in [6.45, 7) is 2.27. The van der Waals surface area contributed by atoms with Gasteiger partial charge in [-0.25, -0.2) is 0 Å². The number of hydrogen-bond donors (Lipinski definition) is 1. The minimum absolute atomic E-state index is 0.352. The second-order valence-electron chi connectivity index (χ2n) is 6.19. The molecule has 2 nitrogen and oxygen atoms in total. The lowest BCUT2D eigenvalue weighted by Crippen LogP contribution is -2.11. The number of unbranched alkanes of at least 4 members (excludes halogenated alkanes) is 13. The molecule has 1 unspecified atom stereocenters. The maximum absolute atomic E-state index is 10.6. The van der Waals surface area contributed by atoms with Gasteiger partial charge in [-0.2, -0.15) is 0 Å². The Morgan fingerprint density at radius 3 is 1.43 bits per heavy atom. The van der Waals surface area contributed by atoms with Crippen LogP contribution >= 0.6 is 15.9 Å². The number of rotatable bonds is 16. The summed E-state index contributed by atoms with van der Waals surface area (Å²) in [6.07, 6.45) is 19.5. The van der Waals surface area contributed by atoms with Crippen LogP contribution in [0.1, 0.15) is 103 Å². The summed E-state index contributed by atoms with van der Waals surface area (Å²) >= 11 is 3.18. The summed E-state index contributed by atoms with van der Waals surface area (Å²) < 4.78 is 0. The minimum atomic E-state index is -0.732. The molecule has 3 heteroatoms. The van der Waals surface area contributed by atoms with E-state index in [4.69, 9.17) is 5.11 Å². The average molecular weight is 363 g/mol. The molecule has 0 spiro atoms. The number of halogens is 1. The summed E-state index contributed by atoms with van der Waals surface area (Å²) in [7, 11) is 0. The smallest absolute Gasteiger partial charge is 0.317 e. The van der Waals surface area contributed by atoms with Crippen molar-refractivity contribution in [1.82, 2.24) is 0 Å². The SMILES string of the molecule is CCCCCCCCCCCCCCCCC(Br)C(=O)O. The Bertz CT molecular complexity index is 231. The zero-order valence-electron chi connectivity index (χ0n) is 13.9. The molecule has 0 aromatic heterocycles. The molecule has 0 aliphatic heterocycles. The fourth-order valence-corrected chi connectivity index (χ4v) is 2.97. The van der Waals surface area contributed by atoms with Gasteiger partial charge >= 0.3 is 5.97 Å². The molecule has 0 radical (unpaired) electrons. The van der Waals surface area contributed by atoms with Gasteiger partial charge in [0.25, 0.3) is 0 Å². The molecule has 0 heterocycles. The van der Waals surface area contributed by atoms with Crippen molar-refractivity contribution in [2.75, 3.05) is 0 Å². The van der Waals surface area contributed by atoms with Gasteiger partial charge < -0.3 is 5.11 Å². The highest BCUT2D eigenvalue weighted by atomic mass is 79.9. The molecule has 21 heavy (non-hydrogen) atoms. The Hall–Kier alpha value is -0.0500. The number of hydrogen-bond acceptors (Lipinski definition) is 1. The van der Waals surface area contributed by atoms with E-state index in [0.717, 1.165) is 12.8 Å². The molecule has 1 atom stereocenters. The molecule has 0 saturated carbocycles. The third-order valence-electron chi connectivity index (χ3n) is 4.08. The third-order valence-corrected chi connectivity index (χ3v) is 4.93. The van der Waals surface area contributed by atoms with Crippen LogP contribution in [0.3, 0.4) is 0 Å². The quantitative estimate of drug-likeness (QED) is 0.244. The van der Waals surface area contributed by atoms with Crippen molar-refractivity contribution in [1.29, 1.82) is 0 Å². The van der Waals surface area contributed by atoms with Crippen LogP contribution in [0.15, 0.2) is 0 Å². The van der Waals surface area contributed by atoms with Crippen molar-refractivity contribution in [3.63, 3.8) is 0 Å². The van der Waals surface area contributed by atoms with Crippen LogP contribution in [0, 0.1) is 0 Å². The molecule has 1 N–H and O–H groups in total. The molecule has 0 aliphatic carbocycles. The molecular formula is C18H35BrO2. The van der Waals surface area contributed by atoms with Gasteiger partial charge in [0.1, 0.15) is 4.83 Å². The number of carboxylic acids is 1. The van der Waals surface area contributed by atoms with Gasteiger partial charge in [-0.05, 0) is 6.42 Å². The summed E-state index contributed by atoms with van der Waals surface area (Å²) in [4.78, 5) is 10.3. The van der Waals surface area contributed by atoms with E-state index < -0.39 is 5.97 Å². The Morgan fingerprint density at radius 1 is 0.762 bits per heavy atom. The van der Waals surface area contributed by atoms with Crippen LogP contribution in [0.25, 0.3) is 0 Å². The summed E-state index contributed by atoms with van der Waals surface area (Å²) in [6, 6.07) is 0. The van der Waals surface area contributed by atoms with E-state index in [1.54, 1.807) is 0 Å². The number of alkyl halides is 1. The number of aliphatic carboxylic acids is 1. The van der Waals surface area contributed by atoms with Gasteiger partial charge in [0, 0.05) is 0 Å². The van der Waals surface area contributed by atoms with Crippen LogP contribution in [0.4, 0.5) is 0 Å². The van der Waals surface area contributed by atoms with Gasteiger partial charge in [0.15, 0.2) is 0 Å². The number of carbonyl (C=O) groups is 1. The Labute approximate surface area is 140 Å². The lowest BCUT2D eigenvalue weighted by atomic mass is 10.0. The Balaban J connectivity index is 3.04. The van der Waals surface area contributed by atoms with E-state index in [9.17, 15) is 4.79 Å². The van der Waals surface area contributed by atoms with E-state index in [-0.39, 0.29) is 4.83 Å². The normalized spacial score (nSPS) is 12.5. The van der Waals surface area contributed by atoms with Gasteiger partial charge in [0.05, 0.1) is 0 Å². The molecular weight excluding hydrogens is 328 g/mol. The highest BCUT2D eigenvalue weighted by molar-refractivity contribution is 9.10. The Morgan fingerprint density at radius 2 is 1.10 bits per heavy atom. The highest BCUT2D eigenvalue weighted by Gasteiger charge is 2.11. The average Bonchev–Trinajstić information content (AvgIpc) is 2.47. The van der Waals surface area contributed by atoms with Crippen molar-refractivity contribution in [3.8, 4) is 0 Å².